The summed E-state index contributed by atoms with van der Waals surface area (Å²) in [7, 11) is 1.45. The Balaban J connectivity index is 2.12. The van der Waals surface area contributed by atoms with Gasteiger partial charge in [0.05, 0.1) is 19.8 Å². The molecule has 0 aliphatic carbocycles. The number of aliphatic hydroxyl groups excluding tert-OH is 3. The fourth-order valence-corrected chi connectivity index (χ4v) is 2.53. The highest BCUT2D eigenvalue weighted by Gasteiger charge is 2.30. The molecule has 168 valence electrons. The van der Waals surface area contributed by atoms with Crippen molar-refractivity contribution in [3.8, 4) is 11.5 Å². The molecule has 0 aliphatic heterocycles. The molecule has 0 aromatic heterocycles. The first kappa shape index (κ1) is 24.2. The summed E-state index contributed by atoms with van der Waals surface area (Å²) in [5.41, 5.74) is 1.37. The second-order valence-electron chi connectivity index (χ2n) is 6.43. The van der Waals surface area contributed by atoms with Gasteiger partial charge in [-0.2, -0.15) is 0 Å². The zero-order valence-electron chi connectivity index (χ0n) is 16.5. The van der Waals surface area contributed by atoms with Crippen LogP contribution in [0, 0.1) is 0 Å². The lowest BCUT2D eigenvalue weighted by molar-refractivity contribution is -0.274. The van der Waals surface area contributed by atoms with Crippen molar-refractivity contribution in [2.75, 3.05) is 20.3 Å². The number of hydrogen-bond acceptors (Lipinski definition) is 6. The van der Waals surface area contributed by atoms with E-state index in [1.165, 1.54) is 43.5 Å². The molecular formula is C21H22F3NO6. The predicted octanol–water partition coefficient (Wildman–Crippen LogP) is 2.21. The number of ether oxygens (including phenoxy) is 2. The van der Waals surface area contributed by atoms with Crippen molar-refractivity contribution >= 4 is 18.1 Å². The summed E-state index contributed by atoms with van der Waals surface area (Å²) in [6.45, 7) is -0.901. The maximum absolute atomic E-state index is 12.3. The molecule has 2 aromatic rings. The largest absolute Gasteiger partial charge is 0.573 e. The number of benzene rings is 2. The molecule has 1 amide bonds. The van der Waals surface area contributed by atoms with Gasteiger partial charge in [0, 0.05) is 17.7 Å². The monoisotopic (exact) mass is 441 g/mol. The zero-order chi connectivity index (χ0) is 23.0. The topological polar surface area (TPSA) is 108 Å². The summed E-state index contributed by atoms with van der Waals surface area (Å²) >= 11 is 0. The molecule has 10 heteroatoms. The Bertz CT molecular complexity index is 899. The fraction of sp³-hybridized carbons (Fsp3) is 0.286. The van der Waals surface area contributed by atoms with Crippen molar-refractivity contribution in [3.05, 3.63) is 59.2 Å². The van der Waals surface area contributed by atoms with Gasteiger partial charge in [-0.05, 0) is 35.9 Å². The number of hydrogen-bond donors (Lipinski definition) is 4. The van der Waals surface area contributed by atoms with Crippen molar-refractivity contribution in [1.82, 2.24) is 5.32 Å². The maximum Gasteiger partial charge on any atom is 0.573 e. The third kappa shape index (κ3) is 7.59. The van der Waals surface area contributed by atoms with Gasteiger partial charge in [-0.15, -0.1) is 13.2 Å². The Kier molecular flexibility index (Phi) is 8.43. The summed E-state index contributed by atoms with van der Waals surface area (Å²) < 4.78 is 45.8. The summed E-state index contributed by atoms with van der Waals surface area (Å²) in [6, 6.07) is 9.84. The van der Waals surface area contributed by atoms with Crippen LogP contribution in [0.4, 0.5) is 13.2 Å². The van der Waals surface area contributed by atoms with E-state index in [2.05, 4.69) is 10.1 Å². The Hall–Kier alpha value is -3.08. The van der Waals surface area contributed by atoms with Crippen LogP contribution in [0.3, 0.4) is 0 Å². The number of aliphatic hydroxyl groups is 3. The minimum Gasteiger partial charge on any atom is -0.496 e. The van der Waals surface area contributed by atoms with Gasteiger partial charge >= 0.3 is 6.36 Å². The third-order valence-corrected chi connectivity index (χ3v) is 4.16. The van der Waals surface area contributed by atoms with Crippen LogP contribution in [-0.4, -0.2) is 60.1 Å². The van der Waals surface area contributed by atoms with Crippen LogP contribution >= 0.6 is 0 Å². The molecule has 0 unspecified atom stereocenters. The van der Waals surface area contributed by atoms with Crippen molar-refractivity contribution in [2.45, 2.75) is 18.6 Å². The molecule has 2 rings (SSSR count). The molecule has 0 fully saturated rings. The Labute approximate surface area is 176 Å². The minimum absolute atomic E-state index is 0.250. The van der Waals surface area contributed by atoms with Gasteiger partial charge in [0.2, 0.25) is 0 Å². The van der Waals surface area contributed by atoms with Gasteiger partial charge in [-0.3, -0.25) is 4.79 Å². The second-order valence-corrected chi connectivity index (χ2v) is 6.43. The van der Waals surface area contributed by atoms with Gasteiger partial charge < -0.3 is 30.1 Å². The number of carbonyl (C=O) groups excluding carboxylic acids is 1. The molecule has 2 atom stereocenters. The summed E-state index contributed by atoms with van der Waals surface area (Å²) in [5.74, 6) is -0.398. The number of methoxy groups -OCH3 is 1. The fourth-order valence-electron chi connectivity index (χ4n) is 2.53. The third-order valence-electron chi connectivity index (χ3n) is 4.16. The Morgan fingerprint density at radius 3 is 2.35 bits per heavy atom. The van der Waals surface area contributed by atoms with Crippen molar-refractivity contribution in [2.24, 2.45) is 0 Å². The van der Waals surface area contributed by atoms with Gasteiger partial charge in [-0.1, -0.05) is 24.3 Å². The lowest BCUT2D eigenvalue weighted by atomic mass is 10.1. The van der Waals surface area contributed by atoms with Gasteiger partial charge in [-0.25, -0.2) is 0 Å². The molecule has 0 heterocycles. The highest BCUT2D eigenvalue weighted by atomic mass is 19.4. The highest BCUT2D eigenvalue weighted by Crippen LogP contribution is 2.25. The predicted molar refractivity (Wildman–Crippen MR) is 106 cm³/mol. The second kappa shape index (κ2) is 10.8. The number of alkyl halides is 3. The molecule has 0 saturated heterocycles. The molecule has 0 bridgehead atoms. The van der Waals surface area contributed by atoms with Crippen molar-refractivity contribution in [1.29, 1.82) is 0 Å². The van der Waals surface area contributed by atoms with Crippen LogP contribution in [0.5, 0.6) is 11.5 Å². The van der Waals surface area contributed by atoms with E-state index in [1.807, 2.05) is 0 Å². The number of halogens is 3. The molecule has 31 heavy (non-hydrogen) atoms. The van der Waals surface area contributed by atoms with E-state index in [-0.39, 0.29) is 17.9 Å². The molecule has 0 aliphatic rings. The molecule has 0 radical (unpaired) electrons. The van der Waals surface area contributed by atoms with Crippen molar-refractivity contribution in [3.63, 3.8) is 0 Å². The number of amides is 1. The molecule has 2 aromatic carbocycles. The number of carbonyl (C=O) groups is 1. The number of nitrogens with one attached hydrogen (secondary N) is 1. The van der Waals surface area contributed by atoms with E-state index in [0.29, 0.717) is 16.9 Å². The first-order valence-corrected chi connectivity index (χ1v) is 9.10. The standard InChI is InChI=1S/C21H22F3NO6/c1-30-19-9-6-15(20(29)25-11-17(27)18(28)12-26)10-14(19)5-2-13-3-7-16(8-4-13)31-21(22,23)24/h2-10,17-18,26-28H,11-12H2,1H3,(H,25,29)/t17-,18-/m0/s1. The summed E-state index contributed by atoms with van der Waals surface area (Å²) in [4.78, 5) is 12.3. The zero-order valence-corrected chi connectivity index (χ0v) is 16.5. The van der Waals surface area contributed by atoms with Crippen molar-refractivity contribution < 1.29 is 42.8 Å². The van der Waals surface area contributed by atoms with E-state index in [9.17, 15) is 28.2 Å². The average Bonchev–Trinajstić information content (AvgIpc) is 2.74. The van der Waals surface area contributed by atoms with Crippen LogP contribution in [0.25, 0.3) is 12.2 Å². The summed E-state index contributed by atoms with van der Waals surface area (Å²) in [5, 5.41) is 30.2. The van der Waals surface area contributed by atoms with E-state index >= 15 is 0 Å². The Morgan fingerprint density at radius 1 is 1.10 bits per heavy atom. The van der Waals surface area contributed by atoms with Crippen LogP contribution < -0.4 is 14.8 Å². The van der Waals surface area contributed by atoms with Crippen LogP contribution in [0.2, 0.25) is 0 Å². The van der Waals surface area contributed by atoms with Gasteiger partial charge in [0.15, 0.2) is 0 Å². The lowest BCUT2D eigenvalue weighted by Crippen LogP contribution is -2.40. The Morgan fingerprint density at radius 2 is 1.77 bits per heavy atom. The summed E-state index contributed by atoms with van der Waals surface area (Å²) in [6.07, 6.45) is -4.21. The van der Waals surface area contributed by atoms with E-state index in [1.54, 1.807) is 18.2 Å². The molecular weight excluding hydrogens is 419 g/mol. The molecule has 0 spiro atoms. The maximum atomic E-state index is 12.3. The molecule has 4 N–H and O–H groups in total. The first-order valence-electron chi connectivity index (χ1n) is 9.10. The van der Waals surface area contributed by atoms with Crippen LogP contribution in [-0.2, 0) is 0 Å². The first-order chi connectivity index (χ1) is 14.6. The van der Waals surface area contributed by atoms with Crippen LogP contribution in [0.1, 0.15) is 21.5 Å². The normalized spacial score (nSPS) is 13.6. The van der Waals surface area contributed by atoms with E-state index < -0.39 is 31.1 Å². The van der Waals surface area contributed by atoms with Gasteiger partial charge in [0.25, 0.3) is 5.91 Å². The van der Waals surface area contributed by atoms with E-state index in [4.69, 9.17) is 9.84 Å². The average molecular weight is 441 g/mol. The van der Waals surface area contributed by atoms with E-state index in [0.717, 1.165) is 0 Å². The number of rotatable bonds is 9. The smallest absolute Gasteiger partial charge is 0.496 e. The SMILES string of the molecule is COc1ccc(C(=O)NC[C@H](O)[C@@H](O)CO)cc1C=Cc1ccc(OC(F)(F)F)cc1. The minimum atomic E-state index is -4.77. The van der Waals surface area contributed by atoms with Gasteiger partial charge in [0.1, 0.15) is 17.6 Å². The molecule has 0 saturated carbocycles. The lowest BCUT2D eigenvalue weighted by Gasteiger charge is -2.16. The van der Waals surface area contributed by atoms with Crippen LogP contribution in [0.15, 0.2) is 42.5 Å². The quantitative estimate of drug-likeness (QED) is 0.445. The highest BCUT2D eigenvalue weighted by molar-refractivity contribution is 5.95. The molecule has 7 nitrogen and oxygen atoms in total.